The maximum absolute atomic E-state index is 11.6. The molecule has 2 rings (SSSR count). The lowest BCUT2D eigenvalue weighted by molar-refractivity contribution is -0.163. The van der Waals surface area contributed by atoms with Gasteiger partial charge in [0, 0.05) is 5.92 Å². The Morgan fingerprint density at radius 3 is 2.56 bits per heavy atom. The van der Waals surface area contributed by atoms with Gasteiger partial charge in [-0.1, -0.05) is 31.0 Å². The molecule has 3 nitrogen and oxygen atoms in total. The monoisotopic (exact) mass is 248 g/mol. The van der Waals surface area contributed by atoms with Crippen molar-refractivity contribution in [3.63, 3.8) is 0 Å². The van der Waals surface area contributed by atoms with Gasteiger partial charge in [-0.3, -0.25) is 0 Å². The molecule has 0 bridgehead atoms. The van der Waals surface area contributed by atoms with Crippen molar-refractivity contribution in [1.29, 1.82) is 0 Å². The number of carbonyl (C=O) groups is 1. The normalized spacial score (nSPS) is 27.8. The van der Waals surface area contributed by atoms with Gasteiger partial charge in [0.1, 0.15) is 5.75 Å². The number of ether oxygens (including phenoxy) is 1. The van der Waals surface area contributed by atoms with Crippen molar-refractivity contribution in [2.45, 2.75) is 45.1 Å². The van der Waals surface area contributed by atoms with Crippen molar-refractivity contribution in [1.82, 2.24) is 0 Å². The van der Waals surface area contributed by atoms with Crippen LogP contribution < -0.4 is 4.74 Å². The Bertz CT molecular complexity index is 424. The van der Waals surface area contributed by atoms with Crippen molar-refractivity contribution >= 4 is 5.97 Å². The molecule has 1 aromatic carbocycles. The average molecular weight is 248 g/mol. The van der Waals surface area contributed by atoms with E-state index in [9.17, 15) is 9.90 Å². The minimum absolute atomic E-state index is 0.0463. The molecular formula is C15H20O3. The first-order chi connectivity index (χ1) is 8.54. The number of benzene rings is 1. The lowest BCUT2D eigenvalue weighted by Gasteiger charge is -2.39. The topological polar surface area (TPSA) is 46.5 Å². The van der Waals surface area contributed by atoms with Crippen LogP contribution in [0.1, 0.15) is 38.2 Å². The fraction of sp³-hybridized carbons (Fsp3) is 0.533. The number of aryl methyl sites for hydroxylation is 1. The summed E-state index contributed by atoms with van der Waals surface area (Å²) in [5.74, 6) is -0.142. The smallest absolute Gasteiger partial charge is 0.348 e. The Hall–Kier alpha value is -1.51. The van der Waals surface area contributed by atoms with E-state index in [2.05, 4.69) is 0 Å². The number of rotatable bonds is 3. The van der Waals surface area contributed by atoms with Crippen LogP contribution in [0.3, 0.4) is 0 Å². The molecule has 98 valence electrons. The maximum atomic E-state index is 11.6. The molecular weight excluding hydrogens is 228 g/mol. The second kappa shape index (κ2) is 5.01. The molecule has 0 amide bonds. The van der Waals surface area contributed by atoms with Gasteiger partial charge in [0.05, 0.1) is 0 Å². The summed E-state index contributed by atoms with van der Waals surface area (Å²) in [4.78, 5) is 11.6. The van der Waals surface area contributed by atoms with E-state index in [4.69, 9.17) is 4.74 Å². The highest BCUT2D eigenvalue weighted by Gasteiger charge is 2.47. The van der Waals surface area contributed by atoms with Gasteiger partial charge in [-0.05, 0) is 38.3 Å². The molecule has 3 heteroatoms. The first kappa shape index (κ1) is 12.9. The average Bonchev–Trinajstić information content (AvgIpc) is 2.35. The van der Waals surface area contributed by atoms with Gasteiger partial charge in [-0.15, -0.1) is 0 Å². The fourth-order valence-electron chi connectivity index (χ4n) is 2.65. The molecule has 0 saturated heterocycles. The largest absolute Gasteiger partial charge is 0.478 e. The first-order valence-electron chi connectivity index (χ1n) is 6.54. The predicted molar refractivity (Wildman–Crippen MR) is 69.8 cm³/mol. The van der Waals surface area contributed by atoms with Gasteiger partial charge in [0.15, 0.2) is 0 Å². The molecule has 1 aliphatic rings. The Morgan fingerprint density at radius 1 is 1.33 bits per heavy atom. The molecule has 0 radical (unpaired) electrons. The van der Waals surface area contributed by atoms with Crippen LogP contribution in [0.4, 0.5) is 0 Å². The highest BCUT2D eigenvalue weighted by atomic mass is 16.5. The maximum Gasteiger partial charge on any atom is 0.348 e. The van der Waals surface area contributed by atoms with Gasteiger partial charge in [-0.25, -0.2) is 4.79 Å². The van der Waals surface area contributed by atoms with E-state index in [1.165, 1.54) is 0 Å². The van der Waals surface area contributed by atoms with Crippen molar-refractivity contribution < 1.29 is 14.6 Å². The Kier molecular flexibility index (Phi) is 3.60. The molecule has 18 heavy (non-hydrogen) atoms. The molecule has 1 fully saturated rings. The SMILES string of the molecule is Cc1ccc(OC2(C(=O)O)CCCCC2C)cc1. The Balaban J connectivity index is 2.25. The highest BCUT2D eigenvalue weighted by Crippen LogP contribution is 2.37. The summed E-state index contributed by atoms with van der Waals surface area (Å²) < 4.78 is 5.87. The summed E-state index contributed by atoms with van der Waals surface area (Å²) >= 11 is 0. The van der Waals surface area contributed by atoms with Gasteiger partial charge >= 0.3 is 5.97 Å². The van der Waals surface area contributed by atoms with Crippen LogP contribution in [0.25, 0.3) is 0 Å². The third-order valence-corrected chi connectivity index (χ3v) is 3.91. The Morgan fingerprint density at radius 2 is 2.00 bits per heavy atom. The summed E-state index contributed by atoms with van der Waals surface area (Å²) in [6, 6.07) is 7.58. The summed E-state index contributed by atoms with van der Waals surface area (Å²) in [5.41, 5.74) is 0.0939. The quantitative estimate of drug-likeness (QED) is 0.891. The molecule has 0 aromatic heterocycles. The predicted octanol–water partition coefficient (Wildman–Crippen LogP) is 3.41. The third-order valence-electron chi connectivity index (χ3n) is 3.91. The van der Waals surface area contributed by atoms with Crippen molar-refractivity contribution in [3.05, 3.63) is 29.8 Å². The van der Waals surface area contributed by atoms with Crippen molar-refractivity contribution in [2.24, 2.45) is 5.92 Å². The van der Waals surface area contributed by atoms with E-state index in [1.807, 2.05) is 38.1 Å². The molecule has 0 heterocycles. The van der Waals surface area contributed by atoms with Crippen LogP contribution in [0.15, 0.2) is 24.3 Å². The van der Waals surface area contributed by atoms with Crippen LogP contribution >= 0.6 is 0 Å². The molecule has 1 saturated carbocycles. The van der Waals surface area contributed by atoms with Crippen molar-refractivity contribution in [2.75, 3.05) is 0 Å². The second-order valence-corrected chi connectivity index (χ2v) is 5.26. The molecule has 1 aromatic rings. The zero-order valence-corrected chi connectivity index (χ0v) is 11.0. The summed E-state index contributed by atoms with van der Waals surface area (Å²) in [6.07, 6.45) is 3.52. The fourth-order valence-corrected chi connectivity index (χ4v) is 2.65. The number of carboxylic acid groups (broad SMARTS) is 1. The number of aliphatic carboxylic acids is 1. The van der Waals surface area contributed by atoms with Crippen LogP contribution in [0.5, 0.6) is 5.75 Å². The highest BCUT2D eigenvalue weighted by molar-refractivity contribution is 5.78. The molecule has 2 atom stereocenters. The molecule has 0 aliphatic heterocycles. The molecule has 1 N–H and O–H groups in total. The molecule has 1 aliphatic carbocycles. The van der Waals surface area contributed by atoms with Crippen LogP contribution in [-0.4, -0.2) is 16.7 Å². The zero-order valence-electron chi connectivity index (χ0n) is 11.0. The number of carboxylic acids is 1. The van der Waals surface area contributed by atoms with E-state index in [-0.39, 0.29) is 5.92 Å². The third kappa shape index (κ3) is 2.35. The van der Waals surface area contributed by atoms with Gasteiger partial charge < -0.3 is 9.84 Å². The van der Waals surface area contributed by atoms with Crippen molar-refractivity contribution in [3.8, 4) is 5.75 Å². The van der Waals surface area contributed by atoms with Crippen LogP contribution in [-0.2, 0) is 4.79 Å². The van der Waals surface area contributed by atoms with E-state index in [1.54, 1.807) is 0 Å². The van der Waals surface area contributed by atoms with E-state index >= 15 is 0 Å². The van der Waals surface area contributed by atoms with E-state index < -0.39 is 11.6 Å². The molecule has 0 spiro atoms. The minimum atomic E-state index is -1.05. The zero-order chi connectivity index (χ0) is 13.2. The number of hydrogen-bond donors (Lipinski definition) is 1. The number of hydrogen-bond acceptors (Lipinski definition) is 2. The molecule has 2 unspecified atom stereocenters. The standard InChI is InChI=1S/C15H20O3/c1-11-6-8-13(9-7-11)18-15(14(16)17)10-4-3-5-12(15)2/h6-9,12H,3-5,10H2,1-2H3,(H,16,17). The van der Waals surface area contributed by atoms with E-state index in [0.29, 0.717) is 12.2 Å². The lowest BCUT2D eigenvalue weighted by Crippen LogP contribution is -2.51. The Labute approximate surface area is 108 Å². The van der Waals surface area contributed by atoms with E-state index in [0.717, 1.165) is 24.8 Å². The summed E-state index contributed by atoms with van der Waals surface area (Å²) in [7, 11) is 0. The van der Waals surface area contributed by atoms with Crippen LogP contribution in [0, 0.1) is 12.8 Å². The second-order valence-electron chi connectivity index (χ2n) is 5.26. The van der Waals surface area contributed by atoms with Crippen LogP contribution in [0.2, 0.25) is 0 Å². The van der Waals surface area contributed by atoms with Gasteiger partial charge in [0.2, 0.25) is 5.60 Å². The lowest BCUT2D eigenvalue weighted by atomic mass is 9.76. The van der Waals surface area contributed by atoms with Gasteiger partial charge in [0.25, 0.3) is 0 Å². The summed E-state index contributed by atoms with van der Waals surface area (Å²) in [5, 5.41) is 9.55. The first-order valence-corrected chi connectivity index (χ1v) is 6.54. The summed E-state index contributed by atoms with van der Waals surface area (Å²) in [6.45, 7) is 3.97. The van der Waals surface area contributed by atoms with Gasteiger partial charge in [-0.2, -0.15) is 0 Å². The minimum Gasteiger partial charge on any atom is -0.478 e.